The zero-order chi connectivity index (χ0) is 16.8. The monoisotopic (exact) mass is 313 g/mol. The molecule has 0 unspecified atom stereocenters. The molecule has 0 spiro atoms. The molecular weight excluding hydrogens is 298 g/mol. The van der Waals surface area contributed by atoms with Crippen molar-refractivity contribution < 1.29 is 19.2 Å². The zero-order valence-electron chi connectivity index (χ0n) is 12.5. The normalized spacial score (nSPS) is 11.5. The summed E-state index contributed by atoms with van der Waals surface area (Å²) in [6.07, 6.45) is -0.0610. The Morgan fingerprint density at radius 3 is 2.22 bits per heavy atom. The quantitative estimate of drug-likeness (QED) is 0.354. The number of hydrogen-bond donors (Lipinski definition) is 0. The minimum absolute atomic E-state index is 0.0610. The summed E-state index contributed by atoms with van der Waals surface area (Å²) in [5, 5.41) is 10.7. The average molecular weight is 313 g/mol. The zero-order valence-corrected chi connectivity index (χ0v) is 12.5. The first-order valence-electron chi connectivity index (χ1n) is 6.93. The number of ether oxygens (including phenoxy) is 1. The van der Waals surface area contributed by atoms with E-state index in [9.17, 15) is 19.7 Å². The Morgan fingerprint density at radius 2 is 1.70 bits per heavy atom. The van der Waals surface area contributed by atoms with Crippen LogP contribution in [0.4, 0.5) is 5.69 Å². The highest BCUT2D eigenvalue weighted by Gasteiger charge is 2.25. The summed E-state index contributed by atoms with van der Waals surface area (Å²) in [5.41, 5.74) is 0.932. The van der Waals surface area contributed by atoms with E-state index in [1.807, 2.05) is 0 Å². The molecule has 0 N–H and O–H groups in total. The van der Waals surface area contributed by atoms with Crippen LogP contribution in [0.1, 0.15) is 28.3 Å². The fourth-order valence-electron chi connectivity index (χ4n) is 2.24. The molecule has 6 heteroatoms. The molecule has 0 aliphatic rings. The highest BCUT2D eigenvalue weighted by Crippen LogP contribution is 2.25. The summed E-state index contributed by atoms with van der Waals surface area (Å²) in [7, 11) is 1.24. The highest BCUT2D eigenvalue weighted by molar-refractivity contribution is 5.99. The van der Waals surface area contributed by atoms with Gasteiger partial charge in [-0.25, -0.2) is 0 Å². The van der Waals surface area contributed by atoms with Crippen LogP contribution in [-0.2, 0) is 9.53 Å². The van der Waals surface area contributed by atoms with E-state index in [0.29, 0.717) is 11.1 Å². The molecule has 0 aliphatic heterocycles. The van der Waals surface area contributed by atoms with Crippen LogP contribution in [0.5, 0.6) is 0 Å². The first-order chi connectivity index (χ1) is 11.0. The minimum atomic E-state index is -0.798. The van der Waals surface area contributed by atoms with Gasteiger partial charge >= 0.3 is 5.97 Å². The predicted molar refractivity (Wildman–Crippen MR) is 83.2 cm³/mol. The third-order valence-electron chi connectivity index (χ3n) is 3.48. The number of benzene rings is 2. The SMILES string of the molecule is COC(=O)[C@H](CC(=O)c1ccccc1)c1ccc([N+](=O)[O-])cc1. The minimum Gasteiger partial charge on any atom is -0.469 e. The largest absolute Gasteiger partial charge is 0.469 e. The van der Waals surface area contributed by atoms with Crippen molar-refractivity contribution in [1.82, 2.24) is 0 Å². The average Bonchev–Trinajstić information content (AvgIpc) is 2.59. The van der Waals surface area contributed by atoms with Crippen molar-refractivity contribution in [3.8, 4) is 0 Å². The molecule has 0 saturated heterocycles. The number of methoxy groups -OCH3 is 1. The number of carbonyl (C=O) groups excluding carboxylic acids is 2. The second-order valence-electron chi connectivity index (χ2n) is 4.92. The molecule has 0 saturated carbocycles. The standard InChI is InChI=1S/C17H15NO5/c1-23-17(20)15(11-16(19)13-5-3-2-4-6-13)12-7-9-14(10-8-12)18(21)22/h2-10,15H,11H2,1H3/t15-/m1/s1. The lowest BCUT2D eigenvalue weighted by Crippen LogP contribution is -2.18. The van der Waals surface area contributed by atoms with Gasteiger partial charge in [-0.05, 0) is 5.56 Å². The third-order valence-corrected chi connectivity index (χ3v) is 3.48. The number of nitro groups is 1. The topological polar surface area (TPSA) is 86.5 Å². The Hall–Kier alpha value is -3.02. The fourth-order valence-corrected chi connectivity index (χ4v) is 2.24. The molecule has 0 amide bonds. The third kappa shape index (κ3) is 4.00. The number of nitro benzene ring substituents is 1. The van der Waals surface area contributed by atoms with E-state index < -0.39 is 16.8 Å². The van der Waals surface area contributed by atoms with Gasteiger partial charge in [0.05, 0.1) is 18.0 Å². The molecule has 0 fully saturated rings. The van der Waals surface area contributed by atoms with Crippen LogP contribution in [0, 0.1) is 10.1 Å². The summed E-state index contributed by atoms with van der Waals surface area (Å²) < 4.78 is 4.76. The molecule has 2 aromatic rings. The van der Waals surface area contributed by atoms with E-state index in [1.54, 1.807) is 30.3 Å². The van der Waals surface area contributed by atoms with Gasteiger partial charge in [0.2, 0.25) is 0 Å². The Balaban J connectivity index is 2.25. The van der Waals surface area contributed by atoms with Crippen molar-refractivity contribution in [3.63, 3.8) is 0 Å². The van der Waals surface area contributed by atoms with Crippen molar-refractivity contribution >= 4 is 17.4 Å². The van der Waals surface area contributed by atoms with Crippen molar-refractivity contribution in [3.05, 3.63) is 75.8 Å². The van der Waals surface area contributed by atoms with Gasteiger partial charge in [0.1, 0.15) is 0 Å². The number of ketones is 1. The maximum Gasteiger partial charge on any atom is 0.313 e. The van der Waals surface area contributed by atoms with Crippen LogP contribution in [0.3, 0.4) is 0 Å². The van der Waals surface area contributed by atoms with Gasteiger partial charge in [-0.1, -0.05) is 42.5 Å². The van der Waals surface area contributed by atoms with Crippen LogP contribution < -0.4 is 0 Å². The van der Waals surface area contributed by atoms with Crippen molar-refractivity contribution in [2.24, 2.45) is 0 Å². The number of nitrogens with zero attached hydrogens (tertiary/aromatic N) is 1. The molecule has 23 heavy (non-hydrogen) atoms. The summed E-state index contributed by atoms with van der Waals surface area (Å²) in [5.74, 6) is -1.55. The van der Waals surface area contributed by atoms with Gasteiger partial charge in [-0.2, -0.15) is 0 Å². The van der Waals surface area contributed by atoms with Crippen LogP contribution >= 0.6 is 0 Å². The van der Waals surface area contributed by atoms with Gasteiger partial charge in [0.15, 0.2) is 5.78 Å². The van der Waals surface area contributed by atoms with Gasteiger partial charge in [-0.15, -0.1) is 0 Å². The van der Waals surface area contributed by atoms with Crippen LogP contribution in [-0.4, -0.2) is 23.8 Å². The molecule has 2 aromatic carbocycles. The fraction of sp³-hybridized carbons (Fsp3) is 0.176. The molecule has 0 radical (unpaired) electrons. The lowest BCUT2D eigenvalue weighted by Gasteiger charge is -2.14. The van der Waals surface area contributed by atoms with E-state index in [0.717, 1.165) is 0 Å². The van der Waals surface area contributed by atoms with Crippen LogP contribution in [0.2, 0.25) is 0 Å². The summed E-state index contributed by atoms with van der Waals surface area (Å²) >= 11 is 0. The van der Waals surface area contributed by atoms with Crippen molar-refractivity contribution in [1.29, 1.82) is 0 Å². The predicted octanol–water partition coefficient (Wildman–Crippen LogP) is 3.12. The van der Waals surface area contributed by atoms with Crippen LogP contribution in [0.15, 0.2) is 54.6 Å². The van der Waals surface area contributed by atoms with Gasteiger partial charge in [0, 0.05) is 24.1 Å². The summed E-state index contributed by atoms with van der Waals surface area (Å²) in [6, 6.07) is 14.2. The Morgan fingerprint density at radius 1 is 1.09 bits per heavy atom. The van der Waals surface area contributed by atoms with E-state index in [1.165, 1.54) is 31.4 Å². The van der Waals surface area contributed by atoms with E-state index in [-0.39, 0.29) is 17.9 Å². The van der Waals surface area contributed by atoms with Gasteiger partial charge in [-0.3, -0.25) is 19.7 Å². The Kier molecular flexibility index (Phi) is 5.19. The Bertz CT molecular complexity index is 710. The molecule has 118 valence electrons. The number of non-ortho nitro benzene ring substituents is 1. The second-order valence-corrected chi connectivity index (χ2v) is 4.92. The number of rotatable bonds is 6. The summed E-state index contributed by atoms with van der Waals surface area (Å²) in [6.45, 7) is 0. The maximum absolute atomic E-state index is 12.3. The molecule has 0 bridgehead atoms. The molecule has 0 aliphatic carbocycles. The van der Waals surface area contributed by atoms with Gasteiger partial charge < -0.3 is 4.74 Å². The highest BCUT2D eigenvalue weighted by atomic mass is 16.6. The van der Waals surface area contributed by atoms with Crippen molar-refractivity contribution in [2.45, 2.75) is 12.3 Å². The van der Waals surface area contributed by atoms with Crippen molar-refractivity contribution in [2.75, 3.05) is 7.11 Å². The van der Waals surface area contributed by atoms with Gasteiger partial charge in [0.25, 0.3) is 5.69 Å². The Labute approximate surface area is 132 Å². The molecule has 0 aromatic heterocycles. The maximum atomic E-state index is 12.3. The first kappa shape index (κ1) is 16.4. The lowest BCUT2D eigenvalue weighted by atomic mass is 9.91. The second kappa shape index (κ2) is 7.31. The molecule has 0 heterocycles. The van der Waals surface area contributed by atoms with E-state index >= 15 is 0 Å². The number of carbonyl (C=O) groups is 2. The van der Waals surface area contributed by atoms with E-state index in [2.05, 4.69) is 0 Å². The lowest BCUT2D eigenvalue weighted by molar-refractivity contribution is -0.384. The molecule has 6 nitrogen and oxygen atoms in total. The molecular formula is C17H15NO5. The summed E-state index contributed by atoms with van der Waals surface area (Å²) in [4.78, 5) is 34.5. The number of Topliss-reactive ketones (excluding diaryl/α,β-unsaturated/α-hetero) is 1. The molecule has 2 rings (SSSR count). The first-order valence-corrected chi connectivity index (χ1v) is 6.93. The van der Waals surface area contributed by atoms with E-state index in [4.69, 9.17) is 4.74 Å². The van der Waals surface area contributed by atoms with Crippen LogP contribution in [0.25, 0.3) is 0 Å². The number of hydrogen-bond acceptors (Lipinski definition) is 5. The molecule has 1 atom stereocenters. The smallest absolute Gasteiger partial charge is 0.313 e. The number of esters is 1.